The molecule has 1 unspecified atom stereocenters. The van der Waals surface area contributed by atoms with Gasteiger partial charge in [0.25, 0.3) is 0 Å². The van der Waals surface area contributed by atoms with Crippen molar-refractivity contribution < 1.29 is 9.84 Å². The van der Waals surface area contributed by atoms with E-state index in [1.165, 1.54) is 0 Å². The number of aliphatic hydroxyl groups is 1. The molecule has 0 aromatic heterocycles. The Balaban J connectivity index is 2.21. The lowest BCUT2D eigenvalue weighted by molar-refractivity contribution is 0.276. The second-order valence-corrected chi connectivity index (χ2v) is 4.54. The van der Waals surface area contributed by atoms with Gasteiger partial charge in [-0.25, -0.2) is 0 Å². The minimum absolute atomic E-state index is 0.0407. The van der Waals surface area contributed by atoms with E-state index in [4.69, 9.17) is 16.3 Å². The van der Waals surface area contributed by atoms with Crippen molar-refractivity contribution in [3.05, 3.63) is 59.1 Å². The fraction of sp³-hybridized carbons (Fsp3) is 0.200. The van der Waals surface area contributed by atoms with Gasteiger partial charge < -0.3 is 15.2 Å². The number of rotatable bonds is 5. The first kappa shape index (κ1) is 13.7. The third-order valence-corrected chi connectivity index (χ3v) is 3.22. The average Bonchev–Trinajstić information content (AvgIpc) is 2.46. The maximum Gasteiger partial charge on any atom is 0.120 e. The first-order valence-corrected chi connectivity index (χ1v) is 6.38. The summed E-state index contributed by atoms with van der Waals surface area (Å²) in [5.41, 5.74) is 1.74. The number of hydrogen-bond acceptors (Lipinski definition) is 3. The standard InChI is InChI=1S/C15H16ClNO2/c1-19-12-6-4-5-11(9-12)17-15(10-18)13-7-2-3-8-14(13)16/h2-9,15,17-18H,10H2,1H3. The number of benzene rings is 2. The molecule has 2 N–H and O–H groups in total. The Morgan fingerprint density at radius 1 is 1.21 bits per heavy atom. The zero-order chi connectivity index (χ0) is 13.7. The highest BCUT2D eigenvalue weighted by Crippen LogP contribution is 2.27. The van der Waals surface area contributed by atoms with E-state index >= 15 is 0 Å². The molecular weight excluding hydrogens is 262 g/mol. The number of halogens is 1. The van der Waals surface area contributed by atoms with E-state index in [9.17, 15) is 5.11 Å². The molecule has 19 heavy (non-hydrogen) atoms. The van der Waals surface area contributed by atoms with Gasteiger partial charge >= 0.3 is 0 Å². The highest BCUT2D eigenvalue weighted by molar-refractivity contribution is 6.31. The molecule has 0 aliphatic rings. The van der Waals surface area contributed by atoms with Gasteiger partial charge in [0.1, 0.15) is 5.75 Å². The molecule has 0 bridgehead atoms. The zero-order valence-corrected chi connectivity index (χ0v) is 11.4. The summed E-state index contributed by atoms with van der Waals surface area (Å²) >= 11 is 6.15. The molecule has 0 heterocycles. The van der Waals surface area contributed by atoms with Crippen LogP contribution in [0, 0.1) is 0 Å². The van der Waals surface area contributed by atoms with Crippen LogP contribution < -0.4 is 10.1 Å². The van der Waals surface area contributed by atoms with E-state index in [2.05, 4.69) is 5.32 Å². The molecule has 0 spiro atoms. The largest absolute Gasteiger partial charge is 0.497 e. The Kier molecular flexibility index (Phi) is 4.66. The number of ether oxygens (including phenoxy) is 1. The Morgan fingerprint density at radius 2 is 2.00 bits per heavy atom. The van der Waals surface area contributed by atoms with Crippen molar-refractivity contribution in [2.45, 2.75) is 6.04 Å². The number of aliphatic hydroxyl groups excluding tert-OH is 1. The van der Waals surface area contributed by atoms with Crippen LogP contribution in [0.15, 0.2) is 48.5 Å². The van der Waals surface area contributed by atoms with E-state index in [0.717, 1.165) is 17.0 Å². The Morgan fingerprint density at radius 3 is 2.68 bits per heavy atom. The first-order chi connectivity index (χ1) is 9.24. The molecule has 0 aliphatic carbocycles. The Labute approximate surface area is 117 Å². The summed E-state index contributed by atoms with van der Waals surface area (Å²) in [6.45, 7) is -0.0407. The van der Waals surface area contributed by atoms with Gasteiger partial charge in [-0.2, -0.15) is 0 Å². The minimum atomic E-state index is -0.249. The fourth-order valence-corrected chi connectivity index (χ4v) is 2.16. The van der Waals surface area contributed by atoms with Crippen LogP contribution in [0.25, 0.3) is 0 Å². The summed E-state index contributed by atoms with van der Waals surface area (Å²) < 4.78 is 5.17. The van der Waals surface area contributed by atoms with E-state index in [0.29, 0.717) is 5.02 Å². The van der Waals surface area contributed by atoms with E-state index in [-0.39, 0.29) is 12.6 Å². The number of anilines is 1. The predicted octanol–water partition coefficient (Wildman–Crippen LogP) is 3.49. The molecule has 2 aromatic carbocycles. The first-order valence-electron chi connectivity index (χ1n) is 6.00. The maximum absolute atomic E-state index is 9.54. The molecule has 0 saturated heterocycles. The van der Waals surface area contributed by atoms with Crippen molar-refractivity contribution >= 4 is 17.3 Å². The summed E-state index contributed by atoms with van der Waals surface area (Å²) in [6, 6.07) is 14.8. The van der Waals surface area contributed by atoms with Crippen LogP contribution in [0.1, 0.15) is 11.6 Å². The summed E-state index contributed by atoms with van der Waals surface area (Å²) in [5.74, 6) is 0.765. The van der Waals surface area contributed by atoms with Crippen molar-refractivity contribution in [2.24, 2.45) is 0 Å². The van der Waals surface area contributed by atoms with Gasteiger partial charge in [-0.1, -0.05) is 35.9 Å². The lowest BCUT2D eigenvalue weighted by Gasteiger charge is -2.19. The van der Waals surface area contributed by atoms with E-state index in [1.54, 1.807) is 7.11 Å². The lowest BCUT2D eigenvalue weighted by Crippen LogP contribution is -2.15. The average molecular weight is 278 g/mol. The molecule has 3 nitrogen and oxygen atoms in total. The smallest absolute Gasteiger partial charge is 0.120 e. The minimum Gasteiger partial charge on any atom is -0.497 e. The highest BCUT2D eigenvalue weighted by atomic mass is 35.5. The maximum atomic E-state index is 9.54. The molecule has 2 rings (SSSR count). The molecule has 0 amide bonds. The van der Waals surface area contributed by atoms with Gasteiger partial charge in [-0.05, 0) is 23.8 Å². The molecule has 2 aromatic rings. The van der Waals surface area contributed by atoms with Gasteiger partial charge in [0.2, 0.25) is 0 Å². The molecule has 4 heteroatoms. The molecule has 0 saturated carbocycles. The quantitative estimate of drug-likeness (QED) is 0.879. The van der Waals surface area contributed by atoms with Gasteiger partial charge in [-0.3, -0.25) is 0 Å². The van der Waals surface area contributed by atoms with E-state index in [1.807, 2.05) is 48.5 Å². The van der Waals surface area contributed by atoms with Crippen molar-refractivity contribution in [3.8, 4) is 5.75 Å². The number of methoxy groups -OCH3 is 1. The fourth-order valence-electron chi connectivity index (χ4n) is 1.89. The SMILES string of the molecule is COc1cccc(NC(CO)c2ccccc2Cl)c1. The van der Waals surface area contributed by atoms with Crippen LogP contribution in [-0.4, -0.2) is 18.8 Å². The molecule has 0 aliphatic heterocycles. The van der Waals surface area contributed by atoms with E-state index < -0.39 is 0 Å². The van der Waals surface area contributed by atoms with Gasteiger partial charge in [0.05, 0.1) is 19.8 Å². The predicted molar refractivity (Wildman–Crippen MR) is 77.9 cm³/mol. The number of hydrogen-bond donors (Lipinski definition) is 2. The summed E-state index contributed by atoms with van der Waals surface area (Å²) in [5, 5.41) is 13.4. The molecule has 1 atom stereocenters. The zero-order valence-electron chi connectivity index (χ0n) is 10.6. The van der Waals surface area contributed by atoms with Crippen LogP contribution in [0.4, 0.5) is 5.69 Å². The molecule has 0 fully saturated rings. The normalized spacial score (nSPS) is 11.9. The summed E-state index contributed by atoms with van der Waals surface area (Å²) in [4.78, 5) is 0. The van der Waals surface area contributed by atoms with Gasteiger partial charge in [0.15, 0.2) is 0 Å². The second-order valence-electron chi connectivity index (χ2n) is 4.13. The van der Waals surface area contributed by atoms with Crippen molar-refractivity contribution in [1.82, 2.24) is 0 Å². The van der Waals surface area contributed by atoms with Crippen molar-refractivity contribution in [3.63, 3.8) is 0 Å². The topological polar surface area (TPSA) is 41.5 Å². The lowest BCUT2D eigenvalue weighted by atomic mass is 10.1. The Hall–Kier alpha value is -1.71. The monoisotopic (exact) mass is 277 g/mol. The highest BCUT2D eigenvalue weighted by Gasteiger charge is 2.13. The van der Waals surface area contributed by atoms with Crippen LogP contribution >= 0.6 is 11.6 Å². The molecular formula is C15H16ClNO2. The van der Waals surface area contributed by atoms with Crippen LogP contribution in [0.2, 0.25) is 5.02 Å². The van der Waals surface area contributed by atoms with Crippen molar-refractivity contribution in [2.75, 3.05) is 19.0 Å². The van der Waals surface area contributed by atoms with Crippen LogP contribution in [0.3, 0.4) is 0 Å². The van der Waals surface area contributed by atoms with Crippen molar-refractivity contribution in [1.29, 1.82) is 0 Å². The Bertz CT molecular complexity index is 545. The van der Waals surface area contributed by atoms with Gasteiger partial charge in [-0.15, -0.1) is 0 Å². The number of nitrogens with one attached hydrogen (secondary N) is 1. The molecule has 0 radical (unpaired) electrons. The summed E-state index contributed by atoms with van der Waals surface area (Å²) in [6.07, 6.45) is 0. The van der Waals surface area contributed by atoms with Crippen LogP contribution in [-0.2, 0) is 0 Å². The third-order valence-electron chi connectivity index (χ3n) is 2.87. The second kappa shape index (κ2) is 6.45. The van der Waals surface area contributed by atoms with Crippen LogP contribution in [0.5, 0.6) is 5.75 Å². The molecule has 100 valence electrons. The third kappa shape index (κ3) is 3.40. The van der Waals surface area contributed by atoms with Gasteiger partial charge in [0, 0.05) is 16.8 Å². The summed E-state index contributed by atoms with van der Waals surface area (Å²) in [7, 11) is 1.62.